The number of esters is 1. The van der Waals surface area contributed by atoms with E-state index < -0.39 is 12.0 Å². The summed E-state index contributed by atoms with van der Waals surface area (Å²) >= 11 is 5.82. The quantitative estimate of drug-likeness (QED) is 0.858. The third-order valence-corrected chi connectivity index (χ3v) is 2.90. The first-order valence-corrected chi connectivity index (χ1v) is 6.52. The average molecular weight is 296 g/mol. The molecule has 2 amide bonds. The number of hydrogen-bond acceptors (Lipinski definition) is 4. The van der Waals surface area contributed by atoms with E-state index in [1.807, 2.05) is 0 Å². The van der Waals surface area contributed by atoms with Crippen LogP contribution in [0.2, 0.25) is 5.02 Å². The summed E-state index contributed by atoms with van der Waals surface area (Å²) in [5, 5.41) is 8.52. The Kier molecular flexibility index (Phi) is 4.57. The van der Waals surface area contributed by atoms with Crippen molar-refractivity contribution in [3.05, 3.63) is 34.9 Å². The van der Waals surface area contributed by atoms with E-state index in [4.69, 9.17) is 16.3 Å². The van der Waals surface area contributed by atoms with Gasteiger partial charge in [0.25, 0.3) is 0 Å². The molecule has 0 spiro atoms. The third-order valence-electron chi connectivity index (χ3n) is 2.64. The predicted molar refractivity (Wildman–Crippen MR) is 74.7 cm³/mol. The fourth-order valence-electron chi connectivity index (χ4n) is 1.72. The highest BCUT2D eigenvalue weighted by atomic mass is 35.5. The van der Waals surface area contributed by atoms with E-state index in [1.54, 1.807) is 31.2 Å². The van der Waals surface area contributed by atoms with Crippen LogP contribution in [-0.4, -0.2) is 42.4 Å². The highest BCUT2D eigenvalue weighted by Crippen LogP contribution is 2.12. The second-order valence-corrected chi connectivity index (χ2v) is 4.51. The number of benzene rings is 1. The Morgan fingerprint density at radius 2 is 2.15 bits per heavy atom. The maximum absolute atomic E-state index is 11.6. The molecule has 0 saturated heterocycles. The molecule has 1 N–H and O–H groups in total. The maximum Gasteiger partial charge on any atom is 0.338 e. The average Bonchev–Trinajstić information content (AvgIpc) is 2.42. The van der Waals surface area contributed by atoms with Crippen molar-refractivity contribution in [1.82, 2.24) is 10.3 Å². The minimum Gasteiger partial charge on any atom is -0.465 e. The lowest BCUT2D eigenvalue weighted by Crippen LogP contribution is -2.47. The van der Waals surface area contributed by atoms with E-state index in [1.165, 1.54) is 0 Å². The molecule has 2 rings (SSSR count). The van der Waals surface area contributed by atoms with Gasteiger partial charge in [-0.15, -0.1) is 0 Å². The van der Waals surface area contributed by atoms with Crippen LogP contribution in [0.5, 0.6) is 0 Å². The number of halogens is 1. The van der Waals surface area contributed by atoms with Gasteiger partial charge in [0.2, 0.25) is 0 Å². The van der Waals surface area contributed by atoms with Crippen LogP contribution in [0.25, 0.3) is 0 Å². The molecular weight excluding hydrogens is 282 g/mol. The van der Waals surface area contributed by atoms with Crippen molar-refractivity contribution in [2.75, 3.05) is 19.7 Å². The smallest absolute Gasteiger partial charge is 0.338 e. The second-order valence-electron chi connectivity index (χ2n) is 4.07. The summed E-state index contributed by atoms with van der Waals surface area (Å²) in [6, 6.07) is 6.68. The van der Waals surface area contributed by atoms with E-state index in [0.717, 1.165) is 10.6 Å². The number of rotatable bonds is 4. The van der Waals surface area contributed by atoms with Gasteiger partial charge in [0, 0.05) is 5.02 Å². The lowest BCUT2D eigenvalue weighted by Gasteiger charge is -2.23. The van der Waals surface area contributed by atoms with E-state index in [9.17, 15) is 9.59 Å². The highest BCUT2D eigenvalue weighted by Gasteiger charge is 2.23. The molecule has 6 nitrogen and oxygen atoms in total. The summed E-state index contributed by atoms with van der Waals surface area (Å²) in [6.07, 6.45) is 0. The molecule has 0 atom stereocenters. The van der Waals surface area contributed by atoms with Gasteiger partial charge in [-0.2, -0.15) is 5.10 Å². The molecule has 0 radical (unpaired) electrons. The molecule has 0 saturated carbocycles. The van der Waals surface area contributed by atoms with Gasteiger partial charge in [0.15, 0.2) is 0 Å². The van der Waals surface area contributed by atoms with Gasteiger partial charge in [0.1, 0.15) is 6.54 Å². The number of urea groups is 1. The molecule has 0 unspecified atom stereocenters. The van der Waals surface area contributed by atoms with Gasteiger partial charge >= 0.3 is 12.0 Å². The number of hydrazone groups is 1. The van der Waals surface area contributed by atoms with Gasteiger partial charge in [-0.1, -0.05) is 23.7 Å². The van der Waals surface area contributed by atoms with Crippen molar-refractivity contribution >= 4 is 29.3 Å². The zero-order valence-corrected chi connectivity index (χ0v) is 11.7. The van der Waals surface area contributed by atoms with Crippen LogP contribution in [0.15, 0.2) is 29.4 Å². The minimum absolute atomic E-state index is 0.212. The van der Waals surface area contributed by atoms with Crippen molar-refractivity contribution in [3.8, 4) is 0 Å². The molecular formula is C13H14ClN3O3. The third kappa shape index (κ3) is 3.48. The molecule has 1 aromatic rings. The fourth-order valence-corrected chi connectivity index (χ4v) is 1.84. The summed E-state index contributed by atoms with van der Waals surface area (Å²) in [7, 11) is 0. The Bertz CT molecular complexity index is 542. The van der Waals surface area contributed by atoms with Crippen LogP contribution in [0.3, 0.4) is 0 Å². The van der Waals surface area contributed by atoms with E-state index in [2.05, 4.69) is 10.4 Å². The molecule has 1 aromatic carbocycles. The predicted octanol–water partition coefficient (Wildman–Crippen LogP) is 1.63. The van der Waals surface area contributed by atoms with Crippen LogP contribution in [0, 0.1) is 0 Å². The lowest BCUT2D eigenvalue weighted by atomic mass is 10.1. The van der Waals surface area contributed by atoms with Crippen molar-refractivity contribution in [2.24, 2.45) is 5.10 Å². The standard InChI is InChI=1S/C13H14ClN3O3/c1-2-20-12(18)8-17-13(19)15-7-11(16-17)9-3-5-10(14)6-4-9/h3-6H,2,7-8H2,1H3,(H,15,19). The zero-order chi connectivity index (χ0) is 14.5. The number of hydrogen-bond donors (Lipinski definition) is 1. The summed E-state index contributed by atoms with van der Waals surface area (Å²) in [5.41, 5.74) is 1.49. The molecule has 106 valence electrons. The SMILES string of the molecule is CCOC(=O)CN1N=C(c2ccc(Cl)cc2)CNC1=O. The van der Waals surface area contributed by atoms with Crippen LogP contribution in [-0.2, 0) is 9.53 Å². The normalized spacial score (nSPS) is 14.6. The number of nitrogens with zero attached hydrogens (tertiary/aromatic N) is 2. The summed E-state index contributed by atoms with van der Waals surface area (Å²) in [5.74, 6) is -0.497. The number of carbonyl (C=O) groups excluding carboxylic acids is 2. The Morgan fingerprint density at radius 1 is 1.45 bits per heavy atom. The molecule has 0 aromatic heterocycles. The highest BCUT2D eigenvalue weighted by molar-refractivity contribution is 6.30. The maximum atomic E-state index is 11.6. The van der Waals surface area contributed by atoms with Gasteiger partial charge in [-0.05, 0) is 24.6 Å². The first-order valence-electron chi connectivity index (χ1n) is 6.14. The van der Waals surface area contributed by atoms with Gasteiger partial charge in [-0.25, -0.2) is 9.80 Å². The molecule has 20 heavy (non-hydrogen) atoms. The first-order chi connectivity index (χ1) is 9.60. The monoisotopic (exact) mass is 295 g/mol. The van der Waals surface area contributed by atoms with Crippen molar-refractivity contribution in [3.63, 3.8) is 0 Å². The van der Waals surface area contributed by atoms with E-state index in [0.29, 0.717) is 17.3 Å². The van der Waals surface area contributed by atoms with Crippen molar-refractivity contribution in [2.45, 2.75) is 6.92 Å². The van der Waals surface area contributed by atoms with Crippen molar-refractivity contribution in [1.29, 1.82) is 0 Å². The topological polar surface area (TPSA) is 71.0 Å². The number of amides is 2. The largest absolute Gasteiger partial charge is 0.465 e. The number of nitrogens with one attached hydrogen (secondary N) is 1. The molecule has 0 bridgehead atoms. The van der Waals surface area contributed by atoms with E-state index in [-0.39, 0.29) is 13.2 Å². The number of ether oxygens (including phenoxy) is 1. The van der Waals surface area contributed by atoms with Crippen LogP contribution >= 0.6 is 11.6 Å². The lowest BCUT2D eigenvalue weighted by molar-refractivity contribution is -0.143. The summed E-state index contributed by atoms with van der Waals surface area (Å²) < 4.78 is 4.80. The van der Waals surface area contributed by atoms with E-state index >= 15 is 0 Å². The zero-order valence-electron chi connectivity index (χ0n) is 10.9. The summed E-state index contributed by atoms with van der Waals surface area (Å²) in [6.45, 7) is 2.06. The van der Waals surface area contributed by atoms with Crippen LogP contribution < -0.4 is 5.32 Å². The van der Waals surface area contributed by atoms with Gasteiger partial charge in [-0.3, -0.25) is 4.79 Å². The van der Waals surface area contributed by atoms with Crippen LogP contribution in [0.1, 0.15) is 12.5 Å². The molecule has 1 heterocycles. The molecule has 0 fully saturated rings. The first kappa shape index (κ1) is 14.3. The fraction of sp³-hybridized carbons (Fsp3) is 0.308. The Balaban J connectivity index is 2.15. The Morgan fingerprint density at radius 3 is 2.80 bits per heavy atom. The second kappa shape index (κ2) is 6.38. The van der Waals surface area contributed by atoms with Gasteiger partial charge in [0.05, 0.1) is 18.9 Å². The van der Waals surface area contributed by atoms with Crippen molar-refractivity contribution < 1.29 is 14.3 Å². The van der Waals surface area contributed by atoms with Gasteiger partial charge < -0.3 is 10.1 Å². The Labute approximate surface area is 121 Å². The number of carbonyl (C=O) groups is 2. The minimum atomic E-state index is -0.497. The molecule has 1 aliphatic rings. The molecule has 0 aliphatic carbocycles. The summed E-state index contributed by atoms with van der Waals surface area (Å²) in [4.78, 5) is 23.1. The Hall–Kier alpha value is -2.08. The molecule has 1 aliphatic heterocycles. The molecule has 7 heteroatoms. The van der Waals surface area contributed by atoms with Crippen LogP contribution in [0.4, 0.5) is 4.79 Å².